The number of hydrogen-bond donors (Lipinski definition) is 0. The van der Waals surface area contributed by atoms with Crippen molar-refractivity contribution < 1.29 is 19.1 Å². The van der Waals surface area contributed by atoms with Gasteiger partial charge in [0.1, 0.15) is 0 Å². The van der Waals surface area contributed by atoms with Gasteiger partial charge in [0, 0.05) is 25.5 Å². The van der Waals surface area contributed by atoms with Crippen molar-refractivity contribution in [1.29, 1.82) is 0 Å². The Morgan fingerprint density at radius 2 is 1.96 bits per heavy atom. The topological polar surface area (TPSA) is 94.5 Å². The van der Waals surface area contributed by atoms with Crippen molar-refractivity contribution in [2.24, 2.45) is 0 Å². The number of rotatable bonds is 6. The van der Waals surface area contributed by atoms with E-state index in [-0.39, 0.29) is 18.3 Å². The molecule has 0 bridgehead atoms. The smallest absolute Gasteiger partial charge is 0.316 e. The first kappa shape index (κ1) is 18.3. The third-order valence-electron chi connectivity index (χ3n) is 3.60. The first-order chi connectivity index (χ1) is 12.7. The summed E-state index contributed by atoms with van der Waals surface area (Å²) in [5, 5.41) is 0.449. The lowest BCUT2D eigenvalue weighted by molar-refractivity contribution is -0.151. The molecule has 0 aliphatic carbocycles. The summed E-state index contributed by atoms with van der Waals surface area (Å²) in [6.45, 7) is 1.83. The Labute approximate surface area is 154 Å². The van der Waals surface area contributed by atoms with Crippen molar-refractivity contribution in [2.45, 2.75) is 5.16 Å². The molecule has 0 unspecified atom stereocenters. The molecule has 0 aromatic carbocycles. The molecule has 3 heterocycles. The maximum Gasteiger partial charge on any atom is 0.316 e. The number of carbonyl (C=O) groups excluding carboxylic acids is 2. The molecule has 1 aliphatic rings. The van der Waals surface area contributed by atoms with Gasteiger partial charge in [-0.25, -0.2) is 9.97 Å². The normalized spacial score (nSPS) is 14.1. The number of pyridine rings is 1. The van der Waals surface area contributed by atoms with Crippen LogP contribution in [0.5, 0.6) is 0 Å². The first-order valence-corrected chi connectivity index (χ1v) is 9.09. The van der Waals surface area contributed by atoms with Gasteiger partial charge >= 0.3 is 5.97 Å². The van der Waals surface area contributed by atoms with Gasteiger partial charge in [-0.3, -0.25) is 14.6 Å². The summed E-state index contributed by atoms with van der Waals surface area (Å²) in [7, 11) is 0. The number of nitrogens with zero attached hydrogens (tertiary/aromatic N) is 4. The molecule has 26 heavy (non-hydrogen) atoms. The van der Waals surface area contributed by atoms with Crippen molar-refractivity contribution in [3.05, 3.63) is 36.7 Å². The van der Waals surface area contributed by atoms with Crippen LogP contribution in [0.4, 0.5) is 0 Å². The fourth-order valence-electron chi connectivity index (χ4n) is 2.28. The van der Waals surface area contributed by atoms with Crippen LogP contribution in [-0.2, 0) is 19.1 Å². The van der Waals surface area contributed by atoms with E-state index in [0.717, 1.165) is 17.5 Å². The van der Waals surface area contributed by atoms with Crippen LogP contribution in [0.1, 0.15) is 0 Å². The fraction of sp³-hybridized carbons (Fsp3) is 0.353. The molecule has 8 nitrogen and oxygen atoms in total. The summed E-state index contributed by atoms with van der Waals surface area (Å²) in [4.78, 5) is 38.2. The van der Waals surface area contributed by atoms with E-state index in [9.17, 15) is 9.59 Å². The summed E-state index contributed by atoms with van der Waals surface area (Å²) in [5.41, 5.74) is 1.41. The second-order valence-corrected chi connectivity index (χ2v) is 6.32. The number of amides is 1. The van der Waals surface area contributed by atoms with E-state index in [1.165, 1.54) is 0 Å². The average Bonchev–Trinajstić information content (AvgIpc) is 2.72. The van der Waals surface area contributed by atoms with Crippen LogP contribution in [0.3, 0.4) is 0 Å². The molecule has 9 heteroatoms. The number of ether oxygens (including phenoxy) is 2. The van der Waals surface area contributed by atoms with Crippen LogP contribution in [0, 0.1) is 0 Å². The van der Waals surface area contributed by atoms with E-state index in [1.54, 1.807) is 23.4 Å². The van der Waals surface area contributed by atoms with Gasteiger partial charge in [-0.15, -0.1) is 0 Å². The molecule has 0 atom stereocenters. The molecule has 1 fully saturated rings. The van der Waals surface area contributed by atoms with Crippen LogP contribution in [0.2, 0.25) is 0 Å². The summed E-state index contributed by atoms with van der Waals surface area (Å²) in [5.74, 6) is -0.661. The Balaban J connectivity index is 1.46. The Hall–Kier alpha value is -2.52. The summed E-state index contributed by atoms with van der Waals surface area (Å²) in [6.07, 6.45) is 3.31. The minimum Gasteiger partial charge on any atom is -0.455 e. The number of thioether (sulfide) groups is 1. The highest BCUT2D eigenvalue weighted by molar-refractivity contribution is 7.99. The highest BCUT2D eigenvalue weighted by atomic mass is 32.2. The van der Waals surface area contributed by atoms with Crippen LogP contribution >= 0.6 is 11.8 Å². The van der Waals surface area contributed by atoms with E-state index in [4.69, 9.17) is 9.47 Å². The molecule has 1 amide bonds. The van der Waals surface area contributed by atoms with Gasteiger partial charge in [-0.2, -0.15) is 0 Å². The lowest BCUT2D eigenvalue weighted by atomic mass is 10.3. The zero-order valence-electron chi connectivity index (χ0n) is 14.0. The van der Waals surface area contributed by atoms with E-state index in [0.29, 0.717) is 37.2 Å². The minimum absolute atomic E-state index is 0.0298. The molecule has 2 aromatic rings. The Kier molecular flexibility index (Phi) is 6.50. The number of hydrogen-bond acceptors (Lipinski definition) is 8. The molecule has 0 N–H and O–H groups in total. The Bertz CT molecular complexity index is 753. The molecule has 2 aromatic heterocycles. The second-order valence-electron chi connectivity index (χ2n) is 5.38. The van der Waals surface area contributed by atoms with Gasteiger partial charge in [0.25, 0.3) is 5.91 Å². The van der Waals surface area contributed by atoms with Gasteiger partial charge in [-0.05, 0) is 18.2 Å². The van der Waals surface area contributed by atoms with Crippen molar-refractivity contribution in [3.8, 4) is 11.4 Å². The number of carbonyl (C=O) groups is 2. The zero-order valence-corrected chi connectivity index (χ0v) is 14.9. The van der Waals surface area contributed by atoms with Crippen LogP contribution < -0.4 is 0 Å². The fourth-order valence-corrected chi connectivity index (χ4v) is 2.91. The Morgan fingerprint density at radius 1 is 1.12 bits per heavy atom. The second kappa shape index (κ2) is 9.25. The first-order valence-electron chi connectivity index (χ1n) is 8.11. The van der Waals surface area contributed by atoms with E-state index in [2.05, 4.69) is 15.0 Å². The zero-order chi connectivity index (χ0) is 18.2. The van der Waals surface area contributed by atoms with Gasteiger partial charge < -0.3 is 14.4 Å². The summed E-state index contributed by atoms with van der Waals surface area (Å²) in [6, 6.07) is 7.31. The largest absolute Gasteiger partial charge is 0.455 e. The third kappa shape index (κ3) is 5.24. The standard InChI is InChI=1S/C17H18N4O4S/c22-15(21-7-9-24-10-8-21)11-25-16(23)12-26-17-19-6-4-14(20-17)13-3-1-2-5-18-13/h1-6H,7-12H2. The highest BCUT2D eigenvalue weighted by Crippen LogP contribution is 2.18. The Morgan fingerprint density at radius 3 is 2.73 bits per heavy atom. The summed E-state index contributed by atoms with van der Waals surface area (Å²) >= 11 is 1.16. The van der Waals surface area contributed by atoms with E-state index in [1.807, 2.05) is 18.2 Å². The lowest BCUT2D eigenvalue weighted by Crippen LogP contribution is -2.42. The number of aromatic nitrogens is 3. The molecule has 1 aliphatic heterocycles. The molecule has 0 radical (unpaired) electrons. The number of esters is 1. The molecule has 0 saturated carbocycles. The van der Waals surface area contributed by atoms with Crippen molar-refractivity contribution >= 4 is 23.6 Å². The predicted octanol–water partition coefficient (Wildman–Crippen LogP) is 1.03. The number of morpholine rings is 1. The van der Waals surface area contributed by atoms with Crippen LogP contribution in [0.25, 0.3) is 11.4 Å². The van der Waals surface area contributed by atoms with Crippen LogP contribution in [-0.4, -0.2) is 70.4 Å². The SMILES string of the molecule is O=C(CSc1nccc(-c2ccccn2)n1)OCC(=O)N1CCOCC1. The van der Waals surface area contributed by atoms with Crippen LogP contribution in [0.15, 0.2) is 41.8 Å². The quantitative estimate of drug-likeness (QED) is 0.420. The lowest BCUT2D eigenvalue weighted by Gasteiger charge is -2.26. The van der Waals surface area contributed by atoms with Crippen molar-refractivity contribution in [2.75, 3.05) is 38.7 Å². The molecular weight excluding hydrogens is 356 g/mol. The molecular formula is C17H18N4O4S. The predicted molar refractivity (Wildman–Crippen MR) is 94.3 cm³/mol. The van der Waals surface area contributed by atoms with Crippen molar-refractivity contribution in [3.63, 3.8) is 0 Å². The molecule has 0 spiro atoms. The monoisotopic (exact) mass is 374 g/mol. The van der Waals surface area contributed by atoms with Gasteiger partial charge in [0.2, 0.25) is 0 Å². The average molecular weight is 374 g/mol. The maximum absolute atomic E-state index is 11.9. The summed E-state index contributed by atoms with van der Waals surface area (Å²) < 4.78 is 10.2. The molecule has 136 valence electrons. The van der Waals surface area contributed by atoms with Crippen molar-refractivity contribution in [1.82, 2.24) is 19.9 Å². The highest BCUT2D eigenvalue weighted by Gasteiger charge is 2.18. The van der Waals surface area contributed by atoms with E-state index >= 15 is 0 Å². The molecule has 1 saturated heterocycles. The van der Waals surface area contributed by atoms with Gasteiger partial charge in [0.05, 0.1) is 30.4 Å². The van der Waals surface area contributed by atoms with E-state index < -0.39 is 5.97 Å². The third-order valence-corrected chi connectivity index (χ3v) is 4.44. The van der Waals surface area contributed by atoms with Gasteiger partial charge in [0.15, 0.2) is 11.8 Å². The molecule has 3 rings (SSSR count). The minimum atomic E-state index is -0.483. The maximum atomic E-state index is 11.9. The van der Waals surface area contributed by atoms with Gasteiger partial charge in [-0.1, -0.05) is 17.8 Å².